The monoisotopic (exact) mass is 390 g/mol. The molecule has 9 heteroatoms. The van der Waals surface area contributed by atoms with E-state index in [1.54, 1.807) is 24.5 Å². The molecule has 1 aromatic carbocycles. The smallest absolute Gasteiger partial charge is 0.262 e. The second kappa shape index (κ2) is 8.36. The Bertz CT molecular complexity index is 923. The van der Waals surface area contributed by atoms with Gasteiger partial charge < -0.3 is 9.73 Å². The molecular formula is C18H22N4O4S. The van der Waals surface area contributed by atoms with Crippen molar-refractivity contribution in [2.45, 2.75) is 30.7 Å². The van der Waals surface area contributed by atoms with Crippen LogP contribution in [-0.4, -0.2) is 33.3 Å². The Hall–Kier alpha value is -2.65. The fourth-order valence-corrected chi connectivity index (χ4v) is 3.80. The summed E-state index contributed by atoms with van der Waals surface area (Å²) in [6.07, 6.45) is 3.04. The van der Waals surface area contributed by atoms with E-state index in [9.17, 15) is 13.2 Å². The van der Waals surface area contributed by atoms with E-state index in [4.69, 9.17) is 4.42 Å². The first kappa shape index (κ1) is 19.1. The highest BCUT2D eigenvalue weighted by Crippen LogP contribution is 2.17. The lowest BCUT2D eigenvalue weighted by Gasteiger charge is -2.12. The zero-order chi connectivity index (χ0) is 19.3. The van der Waals surface area contributed by atoms with Crippen LogP contribution in [0.1, 0.15) is 31.6 Å². The molecule has 2 heterocycles. The van der Waals surface area contributed by atoms with Crippen molar-refractivity contribution in [1.82, 2.24) is 10.0 Å². The second-order valence-electron chi connectivity index (χ2n) is 6.23. The van der Waals surface area contributed by atoms with Crippen LogP contribution in [-0.2, 0) is 14.8 Å². The van der Waals surface area contributed by atoms with E-state index in [0.29, 0.717) is 24.5 Å². The molecule has 1 atom stereocenters. The SMILES string of the molecule is C[C@@H](NCC(=O)Nc1cccc(S(=O)(=O)NC2=NCCC2)c1)c1ccco1. The summed E-state index contributed by atoms with van der Waals surface area (Å²) in [7, 11) is -3.72. The number of amidine groups is 1. The zero-order valence-corrected chi connectivity index (χ0v) is 15.8. The largest absolute Gasteiger partial charge is 0.468 e. The number of carbonyl (C=O) groups excluding carboxylic acids is 1. The van der Waals surface area contributed by atoms with Crippen LogP contribution < -0.4 is 15.4 Å². The fraction of sp³-hybridized carbons (Fsp3) is 0.333. The number of amides is 1. The standard InChI is InChI=1S/C18H22N4O4S/c1-13(16-7-4-10-26-16)20-12-18(23)21-14-5-2-6-15(11-14)27(24,25)22-17-8-3-9-19-17/h2,4-7,10-11,13,20H,3,8-9,12H2,1H3,(H,19,22)(H,21,23)/t13-/m1/s1. The number of nitrogens with one attached hydrogen (secondary N) is 3. The number of hydrogen-bond donors (Lipinski definition) is 3. The molecule has 1 aliphatic heterocycles. The minimum atomic E-state index is -3.72. The third-order valence-corrected chi connectivity index (χ3v) is 5.47. The van der Waals surface area contributed by atoms with Crippen molar-refractivity contribution in [2.24, 2.45) is 4.99 Å². The molecule has 8 nitrogen and oxygen atoms in total. The third kappa shape index (κ3) is 5.18. The number of furan rings is 1. The van der Waals surface area contributed by atoms with Crippen LogP contribution in [0.3, 0.4) is 0 Å². The van der Waals surface area contributed by atoms with E-state index in [0.717, 1.165) is 12.2 Å². The fourth-order valence-electron chi connectivity index (χ4n) is 2.67. The van der Waals surface area contributed by atoms with Crippen molar-refractivity contribution in [3.05, 3.63) is 48.4 Å². The van der Waals surface area contributed by atoms with Gasteiger partial charge in [-0.3, -0.25) is 19.8 Å². The van der Waals surface area contributed by atoms with Crippen molar-refractivity contribution < 1.29 is 17.6 Å². The van der Waals surface area contributed by atoms with Gasteiger partial charge in [-0.15, -0.1) is 0 Å². The molecule has 1 aromatic heterocycles. The van der Waals surface area contributed by atoms with Crippen LogP contribution in [0.25, 0.3) is 0 Å². The predicted molar refractivity (Wildman–Crippen MR) is 102 cm³/mol. The molecule has 144 valence electrons. The molecular weight excluding hydrogens is 368 g/mol. The lowest BCUT2D eigenvalue weighted by atomic mass is 10.2. The number of anilines is 1. The quantitative estimate of drug-likeness (QED) is 0.670. The second-order valence-corrected chi connectivity index (χ2v) is 7.91. The summed E-state index contributed by atoms with van der Waals surface area (Å²) in [6, 6.07) is 9.61. The van der Waals surface area contributed by atoms with Crippen LogP contribution in [0.15, 0.2) is 57.0 Å². The molecule has 0 bridgehead atoms. The predicted octanol–water partition coefficient (Wildman–Crippen LogP) is 2.04. The van der Waals surface area contributed by atoms with Crippen LogP contribution in [0, 0.1) is 0 Å². The van der Waals surface area contributed by atoms with Gasteiger partial charge in [0.25, 0.3) is 10.0 Å². The molecule has 1 amide bonds. The molecule has 0 radical (unpaired) electrons. The van der Waals surface area contributed by atoms with Crippen LogP contribution in [0.2, 0.25) is 0 Å². The van der Waals surface area contributed by atoms with Crippen LogP contribution in [0.4, 0.5) is 5.69 Å². The van der Waals surface area contributed by atoms with E-state index in [2.05, 4.69) is 20.3 Å². The number of carbonyl (C=O) groups is 1. The molecule has 1 aliphatic rings. The highest BCUT2D eigenvalue weighted by Gasteiger charge is 2.19. The summed E-state index contributed by atoms with van der Waals surface area (Å²) in [5.41, 5.74) is 0.406. The Morgan fingerprint density at radius 1 is 1.30 bits per heavy atom. The highest BCUT2D eigenvalue weighted by molar-refractivity contribution is 7.90. The lowest BCUT2D eigenvalue weighted by Crippen LogP contribution is -2.30. The van der Waals surface area contributed by atoms with Crippen molar-refractivity contribution in [3.8, 4) is 0 Å². The molecule has 0 spiro atoms. The number of nitrogens with zero attached hydrogens (tertiary/aromatic N) is 1. The summed E-state index contributed by atoms with van der Waals surface area (Å²) >= 11 is 0. The third-order valence-electron chi connectivity index (χ3n) is 4.09. The minimum Gasteiger partial charge on any atom is -0.468 e. The van der Waals surface area contributed by atoms with Crippen molar-refractivity contribution >= 4 is 27.5 Å². The topological polar surface area (TPSA) is 113 Å². The zero-order valence-electron chi connectivity index (χ0n) is 14.9. The maximum atomic E-state index is 12.4. The lowest BCUT2D eigenvalue weighted by molar-refractivity contribution is -0.115. The van der Waals surface area contributed by atoms with Crippen molar-refractivity contribution in [3.63, 3.8) is 0 Å². The van der Waals surface area contributed by atoms with Gasteiger partial charge in [-0.25, -0.2) is 8.42 Å². The Labute approximate surface area is 158 Å². The molecule has 3 rings (SSSR count). The normalized spacial score (nSPS) is 15.2. The summed E-state index contributed by atoms with van der Waals surface area (Å²) in [5.74, 6) is 0.924. The summed E-state index contributed by atoms with van der Waals surface area (Å²) in [4.78, 5) is 16.3. The Morgan fingerprint density at radius 2 is 2.15 bits per heavy atom. The van der Waals surface area contributed by atoms with Gasteiger partial charge in [-0.2, -0.15) is 0 Å². The molecule has 0 aliphatic carbocycles. The van der Waals surface area contributed by atoms with Gasteiger partial charge in [0.05, 0.1) is 23.7 Å². The number of sulfonamides is 1. The first-order chi connectivity index (χ1) is 12.9. The number of hydrogen-bond acceptors (Lipinski definition) is 6. The molecule has 0 fully saturated rings. The molecule has 27 heavy (non-hydrogen) atoms. The van der Waals surface area contributed by atoms with Gasteiger partial charge in [-0.05, 0) is 43.7 Å². The van der Waals surface area contributed by atoms with Gasteiger partial charge in [0, 0.05) is 18.7 Å². The first-order valence-corrected chi connectivity index (χ1v) is 10.2. The number of rotatable bonds is 7. The molecule has 0 unspecified atom stereocenters. The number of aliphatic imine (C=N–C) groups is 1. The summed E-state index contributed by atoms with van der Waals surface area (Å²) in [5, 5.41) is 5.74. The van der Waals surface area contributed by atoms with Crippen molar-refractivity contribution in [1.29, 1.82) is 0 Å². The van der Waals surface area contributed by atoms with E-state index >= 15 is 0 Å². The molecule has 0 saturated heterocycles. The van der Waals surface area contributed by atoms with E-state index in [1.807, 2.05) is 13.0 Å². The average molecular weight is 390 g/mol. The van der Waals surface area contributed by atoms with Gasteiger partial charge >= 0.3 is 0 Å². The highest BCUT2D eigenvalue weighted by atomic mass is 32.2. The Morgan fingerprint density at radius 3 is 2.85 bits per heavy atom. The maximum absolute atomic E-state index is 12.4. The summed E-state index contributed by atoms with van der Waals surface area (Å²) in [6.45, 7) is 2.59. The molecule has 0 saturated carbocycles. The molecule has 2 aromatic rings. The van der Waals surface area contributed by atoms with Gasteiger partial charge in [0.2, 0.25) is 5.91 Å². The van der Waals surface area contributed by atoms with E-state index in [1.165, 1.54) is 12.1 Å². The van der Waals surface area contributed by atoms with Crippen LogP contribution >= 0.6 is 0 Å². The first-order valence-electron chi connectivity index (χ1n) is 8.67. The van der Waals surface area contributed by atoms with E-state index < -0.39 is 10.0 Å². The average Bonchev–Trinajstić information content (AvgIpc) is 3.33. The molecule has 3 N–H and O–H groups in total. The van der Waals surface area contributed by atoms with Gasteiger partial charge in [0.1, 0.15) is 11.6 Å². The summed E-state index contributed by atoms with van der Waals surface area (Å²) < 4.78 is 32.7. The van der Waals surface area contributed by atoms with Crippen molar-refractivity contribution in [2.75, 3.05) is 18.4 Å². The van der Waals surface area contributed by atoms with Gasteiger partial charge in [0.15, 0.2) is 0 Å². The van der Waals surface area contributed by atoms with Crippen LogP contribution in [0.5, 0.6) is 0 Å². The minimum absolute atomic E-state index is 0.0634. The number of benzene rings is 1. The Kier molecular flexibility index (Phi) is 5.92. The maximum Gasteiger partial charge on any atom is 0.262 e. The van der Waals surface area contributed by atoms with E-state index in [-0.39, 0.29) is 23.4 Å². The van der Waals surface area contributed by atoms with Gasteiger partial charge in [-0.1, -0.05) is 6.07 Å². The Balaban J connectivity index is 1.59.